The molecule has 1 aliphatic rings. The van der Waals surface area contributed by atoms with Gasteiger partial charge in [0, 0.05) is 39.6 Å². The summed E-state index contributed by atoms with van der Waals surface area (Å²) in [5.41, 5.74) is 11.7. The number of nitrogens with one attached hydrogen (secondary N) is 2. The number of halogens is 2. The SMILES string of the molecule is N/C=N\NCC(O)CCOc1ccc([C@H]2c3[nH]c4ccc(Cl)cc4c3CCN2C(=O)Oc2ccc(Cl)cc2)cc1. The van der Waals surface area contributed by atoms with Crippen molar-refractivity contribution in [3.63, 3.8) is 0 Å². The molecular formula is C29H29Cl2N5O4. The van der Waals surface area contributed by atoms with Crippen LogP contribution in [0.5, 0.6) is 11.5 Å². The molecule has 5 rings (SSSR count). The first kappa shape index (κ1) is 27.6. The summed E-state index contributed by atoms with van der Waals surface area (Å²) in [6.07, 6.45) is 1.11. The standard InChI is InChI=1S/C29H29Cl2N5O4/c30-19-3-8-23(9-4-19)40-29(38)36-13-11-24-25-15-20(31)5-10-26(25)35-27(24)28(36)18-1-6-22(7-2-18)39-14-12-21(37)16-33-34-17-32/h1-10,15,17,21,28,33,35,37H,11-14,16H2,(H2,32,34)/t21?,28-/m0/s1. The molecule has 2 atom stereocenters. The number of carbonyl (C=O) groups excluding carboxylic acids is 1. The van der Waals surface area contributed by atoms with Crippen LogP contribution in [0.4, 0.5) is 4.79 Å². The van der Waals surface area contributed by atoms with Crippen LogP contribution < -0.4 is 20.6 Å². The highest BCUT2D eigenvalue weighted by Crippen LogP contribution is 2.40. The number of nitrogens with zero attached hydrogens (tertiary/aromatic N) is 2. The maximum Gasteiger partial charge on any atom is 0.416 e. The summed E-state index contributed by atoms with van der Waals surface area (Å²) in [5.74, 6) is 1.07. The molecule has 4 aromatic rings. The van der Waals surface area contributed by atoms with Crippen LogP contribution in [0, 0.1) is 0 Å². The second-order valence-electron chi connectivity index (χ2n) is 9.38. The van der Waals surface area contributed by atoms with Gasteiger partial charge in [0.25, 0.3) is 0 Å². The van der Waals surface area contributed by atoms with Gasteiger partial charge in [-0.25, -0.2) is 4.79 Å². The average molecular weight is 582 g/mol. The lowest BCUT2D eigenvalue weighted by molar-refractivity contribution is 0.135. The number of aliphatic hydroxyl groups is 1. The van der Waals surface area contributed by atoms with Crippen molar-refractivity contribution in [3.05, 3.63) is 93.6 Å². The molecule has 3 aromatic carbocycles. The molecule has 0 radical (unpaired) electrons. The second-order valence-corrected chi connectivity index (χ2v) is 10.2. The minimum absolute atomic E-state index is 0.275. The molecule has 1 amide bonds. The Morgan fingerprint density at radius 1 is 1.12 bits per heavy atom. The van der Waals surface area contributed by atoms with E-state index < -0.39 is 18.2 Å². The van der Waals surface area contributed by atoms with Crippen LogP contribution in [0.2, 0.25) is 10.0 Å². The van der Waals surface area contributed by atoms with E-state index >= 15 is 0 Å². The molecule has 40 heavy (non-hydrogen) atoms. The van der Waals surface area contributed by atoms with Gasteiger partial charge in [0.15, 0.2) is 0 Å². The number of benzene rings is 3. The van der Waals surface area contributed by atoms with Crippen LogP contribution in [0.25, 0.3) is 10.9 Å². The Hall–Kier alpha value is -3.92. The largest absolute Gasteiger partial charge is 0.493 e. The highest BCUT2D eigenvalue weighted by Gasteiger charge is 2.35. The van der Waals surface area contributed by atoms with E-state index in [4.69, 9.17) is 38.4 Å². The van der Waals surface area contributed by atoms with Gasteiger partial charge in [-0.05, 0) is 72.1 Å². The van der Waals surface area contributed by atoms with Crippen molar-refractivity contribution in [2.75, 3.05) is 19.7 Å². The van der Waals surface area contributed by atoms with Crippen molar-refractivity contribution in [1.29, 1.82) is 0 Å². The predicted octanol–water partition coefficient (Wildman–Crippen LogP) is 5.24. The monoisotopic (exact) mass is 581 g/mol. The third-order valence-corrected chi connectivity index (χ3v) is 7.24. The van der Waals surface area contributed by atoms with E-state index in [1.807, 2.05) is 42.5 Å². The van der Waals surface area contributed by atoms with E-state index in [1.54, 1.807) is 29.2 Å². The Labute approximate surface area is 241 Å². The molecule has 0 spiro atoms. The fourth-order valence-electron chi connectivity index (χ4n) is 4.84. The maximum absolute atomic E-state index is 13.4. The highest BCUT2D eigenvalue weighted by molar-refractivity contribution is 6.31. The lowest BCUT2D eigenvalue weighted by Crippen LogP contribution is -2.42. The summed E-state index contributed by atoms with van der Waals surface area (Å²) in [6, 6.07) is 19.6. The number of ether oxygens (including phenoxy) is 2. The van der Waals surface area contributed by atoms with E-state index in [0.717, 1.165) is 34.1 Å². The fourth-order valence-corrected chi connectivity index (χ4v) is 5.14. The van der Waals surface area contributed by atoms with Crippen molar-refractivity contribution in [1.82, 2.24) is 15.3 Å². The van der Waals surface area contributed by atoms with Crippen molar-refractivity contribution in [2.24, 2.45) is 10.8 Å². The van der Waals surface area contributed by atoms with E-state index in [1.165, 1.54) is 0 Å². The lowest BCUT2D eigenvalue weighted by atomic mass is 9.92. The van der Waals surface area contributed by atoms with Gasteiger partial charge in [-0.1, -0.05) is 35.3 Å². The number of hydrogen-bond donors (Lipinski definition) is 4. The molecule has 1 aromatic heterocycles. The smallest absolute Gasteiger partial charge is 0.416 e. The average Bonchev–Trinajstić information content (AvgIpc) is 3.32. The van der Waals surface area contributed by atoms with Crippen LogP contribution in [0.15, 0.2) is 71.8 Å². The first-order chi connectivity index (χ1) is 19.4. The number of aromatic nitrogens is 1. The number of aliphatic hydroxyl groups excluding tert-OH is 1. The van der Waals surface area contributed by atoms with E-state index in [-0.39, 0.29) is 6.54 Å². The zero-order chi connectivity index (χ0) is 28.1. The number of carbonyl (C=O) groups is 1. The number of rotatable bonds is 9. The fraction of sp³-hybridized carbons (Fsp3) is 0.241. The number of H-pyrrole nitrogens is 1. The summed E-state index contributed by atoms with van der Waals surface area (Å²) in [7, 11) is 0. The molecule has 11 heteroatoms. The molecule has 9 nitrogen and oxygen atoms in total. The summed E-state index contributed by atoms with van der Waals surface area (Å²) < 4.78 is 11.6. The molecule has 0 aliphatic carbocycles. The normalized spacial score (nSPS) is 15.7. The molecule has 0 saturated heterocycles. The van der Waals surface area contributed by atoms with Crippen molar-refractivity contribution in [2.45, 2.75) is 25.0 Å². The predicted molar refractivity (Wildman–Crippen MR) is 156 cm³/mol. The number of hydrazone groups is 1. The topological polar surface area (TPSA) is 125 Å². The van der Waals surface area contributed by atoms with Crippen LogP contribution in [0.3, 0.4) is 0 Å². The zero-order valence-corrected chi connectivity index (χ0v) is 23.0. The van der Waals surface area contributed by atoms with Gasteiger partial charge < -0.3 is 30.7 Å². The quantitative estimate of drug-likeness (QED) is 0.122. The molecule has 0 bridgehead atoms. The van der Waals surface area contributed by atoms with Gasteiger partial charge in [-0.3, -0.25) is 4.90 Å². The number of aromatic amines is 1. The molecule has 1 aliphatic heterocycles. The highest BCUT2D eigenvalue weighted by atomic mass is 35.5. The molecule has 2 heterocycles. The lowest BCUT2D eigenvalue weighted by Gasteiger charge is -2.35. The molecule has 5 N–H and O–H groups in total. The third-order valence-electron chi connectivity index (χ3n) is 6.75. The number of nitrogens with two attached hydrogens (primary N) is 1. The van der Waals surface area contributed by atoms with Crippen molar-refractivity contribution in [3.8, 4) is 11.5 Å². The Morgan fingerprint density at radius 3 is 2.60 bits per heavy atom. The minimum Gasteiger partial charge on any atom is -0.493 e. The molecule has 0 saturated carbocycles. The van der Waals surface area contributed by atoms with Gasteiger partial charge in [-0.2, -0.15) is 5.10 Å². The summed E-state index contributed by atoms with van der Waals surface area (Å²) in [4.78, 5) is 18.7. The maximum atomic E-state index is 13.4. The summed E-state index contributed by atoms with van der Waals surface area (Å²) in [5, 5.41) is 15.9. The number of amides is 1. The molecule has 1 unspecified atom stereocenters. The van der Waals surface area contributed by atoms with Crippen molar-refractivity contribution < 1.29 is 19.4 Å². The molecule has 208 valence electrons. The van der Waals surface area contributed by atoms with Crippen LogP contribution >= 0.6 is 23.2 Å². The van der Waals surface area contributed by atoms with Gasteiger partial charge in [0.05, 0.1) is 19.3 Å². The summed E-state index contributed by atoms with van der Waals surface area (Å²) >= 11 is 12.3. The van der Waals surface area contributed by atoms with Gasteiger partial charge >= 0.3 is 6.09 Å². The minimum atomic E-state index is -0.626. The molecular weight excluding hydrogens is 553 g/mol. The van der Waals surface area contributed by atoms with Crippen LogP contribution in [-0.4, -0.2) is 53.2 Å². The van der Waals surface area contributed by atoms with Crippen LogP contribution in [0.1, 0.15) is 29.3 Å². The Kier molecular flexibility index (Phi) is 8.64. The summed E-state index contributed by atoms with van der Waals surface area (Å²) in [6.45, 7) is 1.06. The number of fused-ring (bicyclic) bond motifs is 3. The van der Waals surface area contributed by atoms with Gasteiger partial charge in [0.2, 0.25) is 0 Å². The Morgan fingerprint density at radius 2 is 1.85 bits per heavy atom. The Bertz CT molecular complexity index is 1490. The Balaban J connectivity index is 1.38. The third kappa shape index (κ3) is 6.28. The zero-order valence-electron chi connectivity index (χ0n) is 21.5. The van der Waals surface area contributed by atoms with Gasteiger partial charge in [0.1, 0.15) is 23.9 Å². The van der Waals surface area contributed by atoms with Gasteiger partial charge in [-0.15, -0.1) is 0 Å². The first-order valence-corrected chi connectivity index (χ1v) is 13.6. The van der Waals surface area contributed by atoms with E-state index in [2.05, 4.69) is 15.5 Å². The second kappa shape index (κ2) is 12.5. The first-order valence-electron chi connectivity index (χ1n) is 12.8. The van der Waals surface area contributed by atoms with Crippen molar-refractivity contribution >= 4 is 46.5 Å². The van der Waals surface area contributed by atoms with E-state index in [9.17, 15) is 9.90 Å². The van der Waals surface area contributed by atoms with Crippen LogP contribution in [-0.2, 0) is 6.42 Å². The number of hydrogen-bond acceptors (Lipinski definition) is 6. The molecule has 0 fully saturated rings. The van der Waals surface area contributed by atoms with E-state index in [0.29, 0.717) is 47.5 Å².